The van der Waals surface area contributed by atoms with Crippen molar-refractivity contribution in [1.82, 2.24) is 0 Å². The van der Waals surface area contributed by atoms with Crippen molar-refractivity contribution in [2.75, 3.05) is 13.0 Å². The molecule has 4 heteroatoms. The summed E-state index contributed by atoms with van der Waals surface area (Å²) in [5.74, 6) is 4.98. The highest BCUT2D eigenvalue weighted by atomic mass is 16.5. The van der Waals surface area contributed by atoms with Gasteiger partial charge in [0.05, 0.1) is 7.11 Å². The largest absolute Gasteiger partial charge is 0.461 e. The van der Waals surface area contributed by atoms with Crippen LogP contribution in [0, 0.1) is 0 Å². The Morgan fingerprint density at radius 2 is 2.36 bits per heavy atom. The van der Waals surface area contributed by atoms with E-state index in [9.17, 15) is 4.79 Å². The zero-order chi connectivity index (χ0) is 8.27. The third-order valence-corrected chi connectivity index (χ3v) is 1.28. The number of pyridine rings is 1. The number of aromatic nitrogens is 1. The second-order valence-corrected chi connectivity index (χ2v) is 1.98. The fourth-order valence-electron chi connectivity index (χ4n) is 0.734. The van der Waals surface area contributed by atoms with E-state index < -0.39 is 5.97 Å². The summed E-state index contributed by atoms with van der Waals surface area (Å²) in [5, 5.41) is 0. The van der Waals surface area contributed by atoms with Gasteiger partial charge in [0.15, 0.2) is 6.20 Å². The SMILES string of the molecule is COC(=O)c1cccc[n+]1N. The monoisotopic (exact) mass is 153 g/mol. The molecule has 58 valence electrons. The van der Waals surface area contributed by atoms with E-state index in [-0.39, 0.29) is 0 Å². The Bertz CT molecular complexity index is 273. The lowest BCUT2D eigenvalue weighted by Crippen LogP contribution is -2.49. The molecule has 0 fully saturated rings. The van der Waals surface area contributed by atoms with E-state index in [0.717, 1.165) is 0 Å². The van der Waals surface area contributed by atoms with Crippen LogP contribution in [0.25, 0.3) is 0 Å². The van der Waals surface area contributed by atoms with Crippen LogP contribution in [0.1, 0.15) is 10.5 Å². The Kier molecular flexibility index (Phi) is 2.06. The average Bonchev–Trinajstić information content (AvgIpc) is 2.04. The maximum Gasteiger partial charge on any atom is 0.406 e. The second kappa shape index (κ2) is 3.01. The third-order valence-electron chi connectivity index (χ3n) is 1.28. The molecule has 2 N–H and O–H groups in total. The number of ether oxygens (including phenoxy) is 1. The normalized spacial score (nSPS) is 9.18. The summed E-state index contributed by atoms with van der Waals surface area (Å²) in [5.41, 5.74) is 0.329. The molecule has 1 heterocycles. The Morgan fingerprint density at radius 3 is 2.91 bits per heavy atom. The van der Waals surface area contributed by atoms with Gasteiger partial charge in [-0.05, 0) is 6.07 Å². The summed E-state index contributed by atoms with van der Waals surface area (Å²) in [6.45, 7) is 0. The topological polar surface area (TPSA) is 56.2 Å². The van der Waals surface area contributed by atoms with E-state index in [1.165, 1.54) is 11.8 Å². The molecule has 0 saturated heterocycles. The molecule has 0 aliphatic heterocycles. The first-order chi connectivity index (χ1) is 5.25. The molecule has 0 bridgehead atoms. The minimum absolute atomic E-state index is 0.329. The number of nitrogens with two attached hydrogens (primary N) is 1. The molecule has 1 aromatic rings. The van der Waals surface area contributed by atoms with E-state index in [0.29, 0.717) is 5.69 Å². The van der Waals surface area contributed by atoms with Crippen LogP contribution in [-0.4, -0.2) is 13.1 Å². The number of nitrogens with zero attached hydrogens (tertiary/aromatic N) is 1. The summed E-state index contributed by atoms with van der Waals surface area (Å²) in [4.78, 5) is 10.9. The van der Waals surface area contributed by atoms with Crippen LogP contribution in [-0.2, 0) is 4.74 Å². The van der Waals surface area contributed by atoms with Gasteiger partial charge in [0.1, 0.15) is 0 Å². The standard InChI is InChI=1S/C7H8N2O2/c1-11-7(10)6-4-2-3-5-9(6)8/h2-5H,1H3,(H-,8,10)/p+1. The summed E-state index contributed by atoms with van der Waals surface area (Å²) >= 11 is 0. The Labute approximate surface area is 64.2 Å². The molecule has 0 radical (unpaired) electrons. The molecule has 1 aromatic heterocycles. The molecule has 0 saturated carbocycles. The Morgan fingerprint density at radius 1 is 1.64 bits per heavy atom. The van der Waals surface area contributed by atoms with Crippen LogP contribution >= 0.6 is 0 Å². The lowest BCUT2D eigenvalue weighted by Gasteiger charge is -1.94. The average molecular weight is 153 g/mol. The molecule has 0 aliphatic carbocycles. The van der Waals surface area contributed by atoms with E-state index in [1.54, 1.807) is 24.4 Å². The second-order valence-electron chi connectivity index (χ2n) is 1.98. The molecule has 0 unspecified atom stereocenters. The van der Waals surface area contributed by atoms with Crippen molar-refractivity contribution >= 4 is 5.97 Å². The number of esters is 1. The van der Waals surface area contributed by atoms with E-state index in [2.05, 4.69) is 4.74 Å². The van der Waals surface area contributed by atoms with Crippen LogP contribution in [0.5, 0.6) is 0 Å². The van der Waals surface area contributed by atoms with Crippen LogP contribution < -0.4 is 10.5 Å². The fraction of sp³-hybridized carbons (Fsp3) is 0.143. The molecule has 4 nitrogen and oxygen atoms in total. The molecule has 0 aliphatic rings. The first kappa shape index (κ1) is 7.53. The van der Waals surface area contributed by atoms with Gasteiger partial charge < -0.3 is 4.74 Å². The summed E-state index contributed by atoms with van der Waals surface area (Å²) < 4.78 is 5.69. The highest BCUT2D eigenvalue weighted by molar-refractivity contribution is 5.85. The van der Waals surface area contributed by atoms with Crippen molar-refractivity contribution in [2.24, 2.45) is 0 Å². The van der Waals surface area contributed by atoms with Gasteiger partial charge >= 0.3 is 11.7 Å². The Balaban J connectivity index is 3.03. The smallest absolute Gasteiger partial charge is 0.406 e. The predicted molar refractivity (Wildman–Crippen MR) is 38.1 cm³/mol. The minimum atomic E-state index is -0.437. The van der Waals surface area contributed by atoms with Crippen molar-refractivity contribution in [3.05, 3.63) is 30.1 Å². The Hall–Kier alpha value is -1.58. The number of hydrogen-bond acceptors (Lipinski definition) is 3. The summed E-state index contributed by atoms with van der Waals surface area (Å²) in [7, 11) is 1.31. The number of rotatable bonds is 1. The maximum atomic E-state index is 10.9. The zero-order valence-corrected chi connectivity index (χ0v) is 6.15. The van der Waals surface area contributed by atoms with Gasteiger partial charge in [0.2, 0.25) is 0 Å². The van der Waals surface area contributed by atoms with Crippen LogP contribution in [0.2, 0.25) is 0 Å². The van der Waals surface area contributed by atoms with E-state index in [1.807, 2.05) is 0 Å². The third kappa shape index (κ3) is 1.46. The van der Waals surface area contributed by atoms with Gasteiger partial charge in [0.25, 0.3) is 0 Å². The molecule has 0 aromatic carbocycles. The molecule has 1 rings (SSSR count). The lowest BCUT2D eigenvalue weighted by atomic mass is 10.3. The quantitative estimate of drug-likeness (QED) is 0.335. The number of carbonyl (C=O) groups excluding carboxylic acids is 1. The first-order valence-electron chi connectivity index (χ1n) is 3.10. The van der Waals surface area contributed by atoms with E-state index in [4.69, 9.17) is 5.84 Å². The number of nitrogen functional groups attached to an aromatic ring is 1. The molecule has 0 amide bonds. The maximum absolute atomic E-state index is 10.9. The molecule has 0 atom stereocenters. The molecular formula is C7H9N2O2+. The van der Waals surface area contributed by atoms with Crippen LogP contribution in [0.15, 0.2) is 24.4 Å². The van der Waals surface area contributed by atoms with Crippen molar-refractivity contribution in [2.45, 2.75) is 0 Å². The van der Waals surface area contributed by atoms with Crippen LogP contribution in [0.4, 0.5) is 0 Å². The van der Waals surface area contributed by atoms with Gasteiger partial charge in [-0.1, -0.05) is 4.68 Å². The minimum Gasteiger partial charge on any atom is -0.461 e. The van der Waals surface area contributed by atoms with Crippen LogP contribution in [0.3, 0.4) is 0 Å². The van der Waals surface area contributed by atoms with Gasteiger partial charge in [0, 0.05) is 12.1 Å². The molecule has 0 spiro atoms. The highest BCUT2D eigenvalue weighted by Crippen LogP contribution is 1.91. The number of carbonyl (C=O) groups is 1. The number of hydrogen-bond donors (Lipinski definition) is 1. The van der Waals surface area contributed by atoms with Gasteiger partial charge in [-0.15, -0.1) is 0 Å². The zero-order valence-electron chi connectivity index (χ0n) is 6.15. The predicted octanol–water partition coefficient (Wildman–Crippen LogP) is -0.526. The van der Waals surface area contributed by atoms with Crippen molar-refractivity contribution < 1.29 is 14.2 Å². The van der Waals surface area contributed by atoms with E-state index >= 15 is 0 Å². The van der Waals surface area contributed by atoms with Crippen molar-refractivity contribution in [3.63, 3.8) is 0 Å². The fourth-order valence-corrected chi connectivity index (χ4v) is 0.734. The van der Waals surface area contributed by atoms with Crippen molar-refractivity contribution in [1.29, 1.82) is 0 Å². The lowest BCUT2D eigenvalue weighted by molar-refractivity contribution is -0.641. The van der Waals surface area contributed by atoms with Crippen molar-refractivity contribution in [3.8, 4) is 0 Å². The number of methoxy groups -OCH3 is 1. The molecular weight excluding hydrogens is 144 g/mol. The highest BCUT2D eigenvalue weighted by Gasteiger charge is 2.16. The summed E-state index contributed by atoms with van der Waals surface area (Å²) in [6.07, 6.45) is 1.58. The van der Waals surface area contributed by atoms with Gasteiger partial charge in [-0.25, -0.2) is 10.6 Å². The summed E-state index contributed by atoms with van der Waals surface area (Å²) in [6, 6.07) is 5.04. The molecule has 11 heavy (non-hydrogen) atoms. The first-order valence-corrected chi connectivity index (χ1v) is 3.10. The van der Waals surface area contributed by atoms with Gasteiger partial charge in [-0.3, -0.25) is 0 Å². The van der Waals surface area contributed by atoms with Gasteiger partial charge in [-0.2, -0.15) is 0 Å².